The van der Waals surface area contributed by atoms with E-state index in [2.05, 4.69) is 15.1 Å². The number of aromatic nitrogens is 4. The minimum absolute atomic E-state index is 0.291. The Kier molecular flexibility index (Phi) is 1.82. The Morgan fingerprint density at radius 1 is 1.53 bits per heavy atom. The molecule has 0 aliphatic heterocycles. The second-order valence-electron chi connectivity index (χ2n) is 3.60. The Balaban J connectivity index is 2.36. The average molecular weight is 231 g/mol. The van der Waals surface area contributed by atoms with Gasteiger partial charge in [0.15, 0.2) is 17.2 Å². The number of nitrogens with zero attached hydrogens (tertiary/aromatic N) is 3. The topological polar surface area (TPSA) is 103 Å². The predicted octanol–water partition coefficient (Wildman–Crippen LogP) is 0.499. The monoisotopic (exact) mass is 231 g/mol. The number of H-pyrrole nitrogens is 1. The molecule has 3 heterocycles. The minimum Gasteiger partial charge on any atom is -0.461 e. The van der Waals surface area contributed by atoms with E-state index in [0.717, 1.165) is 0 Å². The second-order valence-corrected chi connectivity index (χ2v) is 3.60. The molecule has 0 fully saturated rings. The lowest BCUT2D eigenvalue weighted by molar-refractivity contribution is 0.577. The number of hydrogen-bond donors (Lipinski definition) is 2. The maximum Gasteiger partial charge on any atom is 0.264 e. The van der Waals surface area contributed by atoms with Crippen LogP contribution in [-0.4, -0.2) is 19.7 Å². The first-order valence-electron chi connectivity index (χ1n) is 4.93. The Hall–Kier alpha value is -2.57. The standard InChI is InChI=1S/C10H9N5O2/c1-15-7(11)6-9(14-15)12-8(13-10(6)16)5-3-2-4-17-5/h2-4H,11H2,1H3,(H,12,13,14,16). The Labute approximate surface area is 94.9 Å². The van der Waals surface area contributed by atoms with Crippen molar-refractivity contribution in [1.82, 2.24) is 19.7 Å². The molecule has 0 bridgehead atoms. The van der Waals surface area contributed by atoms with E-state index in [1.807, 2.05) is 0 Å². The number of fused-ring (bicyclic) bond motifs is 1. The molecule has 0 aromatic carbocycles. The summed E-state index contributed by atoms with van der Waals surface area (Å²) in [4.78, 5) is 18.7. The number of hydrogen-bond acceptors (Lipinski definition) is 5. The molecule has 0 saturated heterocycles. The number of rotatable bonds is 1. The molecule has 0 radical (unpaired) electrons. The van der Waals surface area contributed by atoms with Crippen molar-refractivity contribution in [2.45, 2.75) is 0 Å². The normalized spacial score (nSPS) is 11.1. The first-order chi connectivity index (χ1) is 8.16. The number of aromatic amines is 1. The van der Waals surface area contributed by atoms with Crippen LogP contribution in [0, 0.1) is 0 Å². The van der Waals surface area contributed by atoms with Crippen molar-refractivity contribution in [3.63, 3.8) is 0 Å². The average Bonchev–Trinajstić information content (AvgIpc) is 2.88. The van der Waals surface area contributed by atoms with Crippen LogP contribution in [0.15, 0.2) is 27.6 Å². The number of nitrogens with two attached hydrogens (primary N) is 1. The van der Waals surface area contributed by atoms with E-state index in [9.17, 15) is 4.79 Å². The number of anilines is 1. The van der Waals surface area contributed by atoms with Crippen LogP contribution in [-0.2, 0) is 7.05 Å². The molecular weight excluding hydrogens is 222 g/mol. The largest absolute Gasteiger partial charge is 0.461 e. The van der Waals surface area contributed by atoms with Gasteiger partial charge in [0.2, 0.25) is 0 Å². The van der Waals surface area contributed by atoms with Gasteiger partial charge in [-0.2, -0.15) is 5.10 Å². The summed E-state index contributed by atoms with van der Waals surface area (Å²) < 4.78 is 6.58. The predicted molar refractivity (Wildman–Crippen MR) is 61.2 cm³/mol. The molecule has 0 unspecified atom stereocenters. The SMILES string of the molecule is Cn1nc2nc(-c3ccco3)[nH]c(=O)c2c1N. The number of aryl methyl sites for hydroxylation is 1. The van der Waals surface area contributed by atoms with Crippen LogP contribution in [0.3, 0.4) is 0 Å². The molecule has 3 N–H and O–H groups in total. The Morgan fingerprint density at radius 3 is 3.06 bits per heavy atom. The van der Waals surface area contributed by atoms with Crippen molar-refractivity contribution in [2.75, 3.05) is 5.73 Å². The molecule has 3 aromatic rings. The Morgan fingerprint density at radius 2 is 2.35 bits per heavy atom. The molecule has 0 amide bonds. The summed E-state index contributed by atoms with van der Waals surface area (Å²) in [5.74, 6) is 1.11. The maximum atomic E-state index is 11.9. The third-order valence-electron chi connectivity index (χ3n) is 2.50. The van der Waals surface area contributed by atoms with Crippen molar-refractivity contribution in [1.29, 1.82) is 0 Å². The Bertz CT molecular complexity index is 738. The highest BCUT2D eigenvalue weighted by Gasteiger charge is 2.14. The van der Waals surface area contributed by atoms with E-state index in [0.29, 0.717) is 28.4 Å². The minimum atomic E-state index is -0.327. The molecule has 7 heteroatoms. The lowest BCUT2D eigenvalue weighted by atomic mass is 10.3. The van der Waals surface area contributed by atoms with Gasteiger partial charge in [0, 0.05) is 7.05 Å². The highest BCUT2D eigenvalue weighted by Crippen LogP contribution is 2.18. The molecule has 0 atom stereocenters. The fraction of sp³-hybridized carbons (Fsp3) is 0.100. The molecule has 7 nitrogen and oxygen atoms in total. The van der Waals surface area contributed by atoms with Crippen molar-refractivity contribution in [3.05, 3.63) is 28.7 Å². The van der Waals surface area contributed by atoms with Gasteiger partial charge in [-0.15, -0.1) is 0 Å². The second kappa shape index (κ2) is 3.21. The highest BCUT2D eigenvalue weighted by atomic mass is 16.3. The lowest BCUT2D eigenvalue weighted by Crippen LogP contribution is -2.10. The quantitative estimate of drug-likeness (QED) is 0.634. The summed E-state index contributed by atoms with van der Waals surface area (Å²) in [6.07, 6.45) is 1.51. The zero-order chi connectivity index (χ0) is 12.0. The molecule has 0 spiro atoms. The molecule has 17 heavy (non-hydrogen) atoms. The van der Waals surface area contributed by atoms with Crippen LogP contribution < -0.4 is 11.3 Å². The lowest BCUT2D eigenvalue weighted by Gasteiger charge is -1.95. The van der Waals surface area contributed by atoms with Crippen molar-refractivity contribution >= 4 is 16.9 Å². The molecule has 0 aliphatic rings. The van der Waals surface area contributed by atoms with Crippen LogP contribution in [0.2, 0.25) is 0 Å². The smallest absolute Gasteiger partial charge is 0.264 e. The van der Waals surface area contributed by atoms with Crippen molar-refractivity contribution < 1.29 is 4.42 Å². The third-order valence-corrected chi connectivity index (χ3v) is 2.50. The van der Waals surface area contributed by atoms with Crippen LogP contribution in [0.4, 0.5) is 5.82 Å². The van der Waals surface area contributed by atoms with Gasteiger partial charge >= 0.3 is 0 Å². The van der Waals surface area contributed by atoms with E-state index in [1.165, 1.54) is 10.9 Å². The van der Waals surface area contributed by atoms with E-state index in [4.69, 9.17) is 10.2 Å². The van der Waals surface area contributed by atoms with Gasteiger partial charge in [0.1, 0.15) is 11.2 Å². The van der Waals surface area contributed by atoms with Crippen molar-refractivity contribution in [2.24, 2.45) is 7.05 Å². The van der Waals surface area contributed by atoms with Gasteiger partial charge in [0.05, 0.1) is 6.26 Å². The zero-order valence-electron chi connectivity index (χ0n) is 8.97. The molecule has 0 aliphatic carbocycles. The van der Waals surface area contributed by atoms with Crippen molar-refractivity contribution in [3.8, 4) is 11.6 Å². The number of nitrogen functional groups attached to an aromatic ring is 1. The molecule has 86 valence electrons. The highest BCUT2D eigenvalue weighted by molar-refractivity contribution is 5.86. The van der Waals surface area contributed by atoms with Gasteiger partial charge < -0.3 is 15.1 Å². The molecule has 3 rings (SSSR count). The third kappa shape index (κ3) is 1.32. The zero-order valence-corrected chi connectivity index (χ0v) is 8.97. The van der Waals surface area contributed by atoms with Gasteiger partial charge in [0.25, 0.3) is 5.56 Å². The summed E-state index contributed by atoms with van der Waals surface area (Å²) in [5.41, 5.74) is 5.70. The fourth-order valence-electron chi connectivity index (χ4n) is 1.65. The fourth-order valence-corrected chi connectivity index (χ4v) is 1.65. The van der Waals surface area contributed by atoms with Gasteiger partial charge in [-0.1, -0.05) is 0 Å². The molecule has 3 aromatic heterocycles. The van der Waals surface area contributed by atoms with Gasteiger partial charge in [-0.25, -0.2) is 4.98 Å². The summed E-state index contributed by atoms with van der Waals surface area (Å²) >= 11 is 0. The molecule has 0 saturated carbocycles. The first-order valence-corrected chi connectivity index (χ1v) is 4.93. The van der Waals surface area contributed by atoms with Crippen LogP contribution in [0.5, 0.6) is 0 Å². The first kappa shape index (κ1) is 9.64. The van der Waals surface area contributed by atoms with Crippen LogP contribution in [0.1, 0.15) is 0 Å². The van der Waals surface area contributed by atoms with E-state index in [-0.39, 0.29) is 5.56 Å². The maximum absolute atomic E-state index is 11.9. The molecular formula is C10H9N5O2. The van der Waals surface area contributed by atoms with Gasteiger partial charge in [-0.05, 0) is 12.1 Å². The number of furan rings is 1. The summed E-state index contributed by atoms with van der Waals surface area (Å²) in [5, 5.41) is 4.36. The van der Waals surface area contributed by atoms with E-state index < -0.39 is 0 Å². The summed E-state index contributed by atoms with van der Waals surface area (Å²) in [6, 6.07) is 3.42. The van der Waals surface area contributed by atoms with E-state index >= 15 is 0 Å². The summed E-state index contributed by atoms with van der Waals surface area (Å²) in [6.45, 7) is 0. The van der Waals surface area contributed by atoms with Crippen LogP contribution in [0.25, 0.3) is 22.6 Å². The number of nitrogens with one attached hydrogen (secondary N) is 1. The summed E-state index contributed by atoms with van der Waals surface area (Å²) in [7, 11) is 1.66. The van der Waals surface area contributed by atoms with Gasteiger partial charge in [-0.3, -0.25) is 9.48 Å². The van der Waals surface area contributed by atoms with E-state index in [1.54, 1.807) is 19.2 Å². The van der Waals surface area contributed by atoms with Crippen LogP contribution >= 0.6 is 0 Å².